The number of para-hydroxylation sites is 1. The molecule has 1 fully saturated rings. The van der Waals surface area contributed by atoms with Crippen LogP contribution in [0.25, 0.3) is 59.8 Å². The topological polar surface area (TPSA) is 4.93 Å². The largest absolute Gasteiger partial charge is 0.309 e. The normalized spacial score (nSPS) is 15.5. The molecule has 0 unspecified atom stereocenters. The lowest BCUT2D eigenvalue weighted by Crippen LogP contribution is -2.30. The Kier molecular flexibility index (Phi) is 6.20. The number of rotatable bonds is 3. The summed E-state index contributed by atoms with van der Waals surface area (Å²) >= 11 is 0. The summed E-state index contributed by atoms with van der Waals surface area (Å²) in [5.74, 6) is 0. The SMILES string of the molecule is Cc1ccc(-n2c3ccc(C4(c5ccc6ccc7cc(C(C)(C)C)cc8ccc5c6c78)CCCCC4)cc3c3cccc(C)c32)cc1. The molecular formula is C46H43N. The van der Waals surface area contributed by atoms with Gasteiger partial charge in [0.25, 0.3) is 0 Å². The van der Waals surface area contributed by atoms with Gasteiger partial charge < -0.3 is 4.57 Å². The first-order valence-electron chi connectivity index (χ1n) is 17.6. The van der Waals surface area contributed by atoms with Crippen molar-refractivity contribution in [3.63, 3.8) is 0 Å². The molecule has 1 nitrogen and oxygen atoms in total. The average molecular weight is 610 g/mol. The maximum absolute atomic E-state index is 2.57. The molecule has 0 radical (unpaired) electrons. The molecule has 232 valence electrons. The minimum absolute atomic E-state index is 0.0204. The van der Waals surface area contributed by atoms with E-state index in [1.165, 1.54) is 120 Å². The van der Waals surface area contributed by atoms with Crippen LogP contribution in [0.3, 0.4) is 0 Å². The molecule has 0 spiro atoms. The third-order valence-electron chi connectivity index (χ3n) is 11.5. The van der Waals surface area contributed by atoms with Gasteiger partial charge in [0.1, 0.15) is 0 Å². The van der Waals surface area contributed by atoms with Crippen LogP contribution in [-0.4, -0.2) is 4.57 Å². The molecule has 1 heterocycles. The Morgan fingerprint density at radius 1 is 0.596 bits per heavy atom. The van der Waals surface area contributed by atoms with Gasteiger partial charge >= 0.3 is 0 Å². The van der Waals surface area contributed by atoms with Crippen LogP contribution in [0.15, 0.2) is 109 Å². The van der Waals surface area contributed by atoms with Gasteiger partial charge in [0.2, 0.25) is 0 Å². The average Bonchev–Trinajstić information content (AvgIpc) is 3.42. The van der Waals surface area contributed by atoms with E-state index >= 15 is 0 Å². The van der Waals surface area contributed by atoms with Crippen LogP contribution in [0.4, 0.5) is 0 Å². The highest BCUT2D eigenvalue weighted by atomic mass is 15.0. The van der Waals surface area contributed by atoms with Gasteiger partial charge in [0.05, 0.1) is 11.0 Å². The lowest BCUT2D eigenvalue weighted by atomic mass is 9.64. The minimum Gasteiger partial charge on any atom is -0.309 e. The standard InChI is InChI=1S/C46H43N/c1-29-12-19-36(20-13-29)47-41-23-18-34(28-39(41)37-11-9-10-30(2)44(37)47)46(24-7-6-8-25-46)40-22-17-31-14-15-32-26-35(45(3,4)5)27-33-16-21-38(40)43(31)42(32)33/h9-23,26-28H,6-8,24-25H2,1-5H3. The molecule has 0 atom stereocenters. The molecule has 0 amide bonds. The molecule has 0 N–H and O–H groups in total. The van der Waals surface area contributed by atoms with E-state index in [9.17, 15) is 0 Å². The maximum Gasteiger partial charge on any atom is 0.0570 e. The van der Waals surface area contributed by atoms with Crippen molar-refractivity contribution >= 4 is 54.1 Å². The lowest BCUT2D eigenvalue weighted by molar-refractivity contribution is 0.348. The molecule has 1 aliphatic carbocycles. The number of hydrogen-bond acceptors (Lipinski definition) is 0. The van der Waals surface area contributed by atoms with Crippen molar-refractivity contribution in [2.45, 2.75) is 77.6 Å². The predicted octanol–water partition coefficient (Wildman–Crippen LogP) is 12.8. The molecule has 8 aromatic rings. The monoisotopic (exact) mass is 609 g/mol. The highest BCUT2D eigenvalue weighted by Crippen LogP contribution is 2.50. The molecule has 1 saturated carbocycles. The Bertz CT molecular complexity index is 2460. The molecular weight excluding hydrogens is 567 g/mol. The van der Waals surface area contributed by atoms with Crippen LogP contribution in [0.5, 0.6) is 0 Å². The molecule has 0 bridgehead atoms. The van der Waals surface area contributed by atoms with Gasteiger partial charge in [-0.05, 0) is 111 Å². The zero-order valence-corrected chi connectivity index (χ0v) is 28.4. The zero-order valence-electron chi connectivity index (χ0n) is 28.4. The molecule has 47 heavy (non-hydrogen) atoms. The van der Waals surface area contributed by atoms with Crippen molar-refractivity contribution in [3.8, 4) is 5.69 Å². The van der Waals surface area contributed by atoms with Crippen molar-refractivity contribution < 1.29 is 0 Å². The second-order valence-corrected chi connectivity index (χ2v) is 15.5. The van der Waals surface area contributed by atoms with E-state index in [2.05, 4.69) is 148 Å². The highest BCUT2D eigenvalue weighted by Gasteiger charge is 2.38. The summed E-state index contributed by atoms with van der Waals surface area (Å²) < 4.78 is 2.48. The Morgan fingerprint density at radius 3 is 2.04 bits per heavy atom. The van der Waals surface area contributed by atoms with Gasteiger partial charge in [0, 0.05) is 21.9 Å². The van der Waals surface area contributed by atoms with Crippen LogP contribution in [0.2, 0.25) is 0 Å². The van der Waals surface area contributed by atoms with Crippen LogP contribution in [0, 0.1) is 13.8 Å². The number of nitrogens with zero attached hydrogens (tertiary/aromatic N) is 1. The molecule has 1 aromatic heterocycles. The van der Waals surface area contributed by atoms with E-state index in [0.717, 1.165) is 0 Å². The van der Waals surface area contributed by atoms with Gasteiger partial charge in [-0.15, -0.1) is 0 Å². The Hall–Kier alpha value is -4.62. The minimum atomic E-state index is -0.0204. The van der Waals surface area contributed by atoms with Crippen molar-refractivity contribution in [2.24, 2.45) is 0 Å². The molecule has 7 aromatic carbocycles. The highest BCUT2D eigenvalue weighted by molar-refractivity contribution is 6.24. The Morgan fingerprint density at radius 2 is 1.30 bits per heavy atom. The van der Waals surface area contributed by atoms with E-state index in [1.54, 1.807) is 0 Å². The summed E-state index contributed by atoms with van der Waals surface area (Å²) in [6.45, 7) is 11.4. The van der Waals surface area contributed by atoms with E-state index in [4.69, 9.17) is 0 Å². The van der Waals surface area contributed by atoms with Gasteiger partial charge in [-0.25, -0.2) is 0 Å². The number of benzene rings is 7. The fourth-order valence-corrected chi connectivity index (χ4v) is 9.04. The van der Waals surface area contributed by atoms with Crippen LogP contribution < -0.4 is 0 Å². The molecule has 1 heteroatoms. The second-order valence-electron chi connectivity index (χ2n) is 15.5. The van der Waals surface area contributed by atoms with Crippen LogP contribution in [0.1, 0.15) is 80.7 Å². The van der Waals surface area contributed by atoms with Gasteiger partial charge in [-0.3, -0.25) is 0 Å². The van der Waals surface area contributed by atoms with Crippen molar-refractivity contribution in [2.75, 3.05) is 0 Å². The first kappa shape index (κ1) is 28.6. The lowest BCUT2D eigenvalue weighted by Gasteiger charge is -2.40. The molecule has 1 aliphatic rings. The molecule has 9 rings (SSSR count). The van der Waals surface area contributed by atoms with Crippen molar-refractivity contribution in [1.29, 1.82) is 0 Å². The third kappa shape index (κ3) is 4.22. The number of aryl methyl sites for hydroxylation is 2. The Balaban J connectivity index is 1.31. The smallest absolute Gasteiger partial charge is 0.0570 e. The fraction of sp³-hybridized carbons (Fsp3) is 0.261. The first-order valence-corrected chi connectivity index (χ1v) is 17.6. The molecule has 0 saturated heterocycles. The van der Waals surface area contributed by atoms with Gasteiger partial charge in [-0.1, -0.05) is 131 Å². The maximum atomic E-state index is 2.57. The summed E-state index contributed by atoms with van der Waals surface area (Å²) in [5.41, 5.74) is 10.9. The summed E-state index contributed by atoms with van der Waals surface area (Å²) in [7, 11) is 0. The quantitative estimate of drug-likeness (QED) is 0.176. The van der Waals surface area contributed by atoms with E-state index in [1.807, 2.05) is 0 Å². The number of fused-ring (bicyclic) bond motifs is 3. The predicted molar refractivity (Wildman–Crippen MR) is 203 cm³/mol. The molecule has 0 aliphatic heterocycles. The van der Waals surface area contributed by atoms with Crippen molar-refractivity contribution in [3.05, 3.63) is 137 Å². The second kappa shape index (κ2) is 10.2. The van der Waals surface area contributed by atoms with E-state index < -0.39 is 0 Å². The Labute approximate surface area is 278 Å². The van der Waals surface area contributed by atoms with Gasteiger partial charge in [0.15, 0.2) is 0 Å². The van der Waals surface area contributed by atoms with E-state index in [-0.39, 0.29) is 10.8 Å². The van der Waals surface area contributed by atoms with E-state index in [0.29, 0.717) is 0 Å². The third-order valence-corrected chi connectivity index (χ3v) is 11.5. The van der Waals surface area contributed by atoms with Crippen LogP contribution in [-0.2, 0) is 10.8 Å². The number of hydrogen-bond donors (Lipinski definition) is 0. The van der Waals surface area contributed by atoms with Crippen LogP contribution >= 0.6 is 0 Å². The fourth-order valence-electron chi connectivity index (χ4n) is 9.04. The zero-order chi connectivity index (χ0) is 32.1. The first-order chi connectivity index (χ1) is 22.7. The summed E-state index contributed by atoms with van der Waals surface area (Å²) in [5, 5.41) is 11.1. The summed E-state index contributed by atoms with van der Waals surface area (Å²) in [4.78, 5) is 0. The van der Waals surface area contributed by atoms with Gasteiger partial charge in [-0.2, -0.15) is 0 Å². The summed E-state index contributed by atoms with van der Waals surface area (Å²) in [6, 6.07) is 42.6. The van der Waals surface area contributed by atoms with Crippen molar-refractivity contribution in [1.82, 2.24) is 4.57 Å². The summed E-state index contributed by atoms with van der Waals surface area (Å²) in [6.07, 6.45) is 6.22. The number of aromatic nitrogens is 1.